The highest BCUT2D eigenvalue weighted by Gasteiger charge is 2.34. The van der Waals surface area contributed by atoms with Gasteiger partial charge in [-0.3, -0.25) is 0 Å². The maximum Gasteiger partial charge on any atom is 0.243 e. The Bertz CT molecular complexity index is 621. The van der Waals surface area contributed by atoms with Gasteiger partial charge in [-0.2, -0.15) is 0 Å². The van der Waals surface area contributed by atoms with Crippen molar-refractivity contribution in [2.24, 2.45) is 5.92 Å². The zero-order chi connectivity index (χ0) is 15.7. The summed E-state index contributed by atoms with van der Waals surface area (Å²) in [6, 6.07) is 3.39. The van der Waals surface area contributed by atoms with Crippen LogP contribution in [0.15, 0.2) is 23.1 Å². The molecule has 0 radical (unpaired) electrons. The minimum absolute atomic E-state index is 0.117. The third-order valence-electron chi connectivity index (χ3n) is 3.90. The van der Waals surface area contributed by atoms with Crippen LogP contribution in [0.5, 0.6) is 0 Å². The molecule has 0 bridgehead atoms. The number of sulfonamides is 1. The van der Waals surface area contributed by atoms with Crippen molar-refractivity contribution in [3.05, 3.63) is 24.0 Å². The van der Waals surface area contributed by atoms with E-state index >= 15 is 0 Å². The summed E-state index contributed by atoms with van der Waals surface area (Å²) in [5.74, 6) is -0.516. The summed E-state index contributed by atoms with van der Waals surface area (Å²) >= 11 is 0. The van der Waals surface area contributed by atoms with E-state index in [-0.39, 0.29) is 12.2 Å². The van der Waals surface area contributed by atoms with Crippen LogP contribution in [0.25, 0.3) is 0 Å². The Hall–Kier alpha value is -1.18. The van der Waals surface area contributed by atoms with Crippen molar-refractivity contribution in [3.63, 3.8) is 0 Å². The average molecular weight is 316 g/mol. The van der Waals surface area contributed by atoms with Gasteiger partial charge in [0.2, 0.25) is 10.0 Å². The van der Waals surface area contributed by atoms with Crippen LogP contribution in [0.3, 0.4) is 0 Å². The Balaban J connectivity index is 2.13. The number of aliphatic hydroxyl groups is 1. The lowest BCUT2D eigenvalue weighted by molar-refractivity contribution is -0.00752. The van der Waals surface area contributed by atoms with E-state index in [0.717, 1.165) is 25.0 Å². The minimum atomic E-state index is -4.03. The van der Waals surface area contributed by atoms with Gasteiger partial charge < -0.3 is 10.8 Å². The lowest BCUT2D eigenvalue weighted by Crippen LogP contribution is -2.45. The van der Waals surface area contributed by atoms with Crippen LogP contribution in [0.2, 0.25) is 0 Å². The third kappa shape index (κ3) is 3.93. The van der Waals surface area contributed by atoms with Crippen LogP contribution < -0.4 is 10.5 Å². The van der Waals surface area contributed by atoms with Crippen LogP contribution in [0.1, 0.15) is 32.6 Å². The molecule has 1 aromatic carbocycles. The molecule has 0 aliphatic heterocycles. The Morgan fingerprint density at radius 3 is 2.90 bits per heavy atom. The summed E-state index contributed by atoms with van der Waals surface area (Å²) in [5, 5.41) is 10.4. The van der Waals surface area contributed by atoms with Crippen molar-refractivity contribution >= 4 is 15.7 Å². The molecule has 7 heteroatoms. The predicted molar refractivity (Wildman–Crippen MR) is 78.6 cm³/mol. The van der Waals surface area contributed by atoms with Gasteiger partial charge in [0.05, 0.1) is 5.60 Å². The summed E-state index contributed by atoms with van der Waals surface area (Å²) < 4.78 is 40.3. The Labute approximate surface area is 124 Å². The first-order chi connectivity index (χ1) is 9.72. The fourth-order valence-electron chi connectivity index (χ4n) is 2.83. The van der Waals surface area contributed by atoms with Crippen LogP contribution in [0, 0.1) is 11.7 Å². The molecule has 0 amide bonds. The van der Waals surface area contributed by atoms with E-state index in [1.165, 1.54) is 6.07 Å². The zero-order valence-corrected chi connectivity index (χ0v) is 12.8. The van der Waals surface area contributed by atoms with Gasteiger partial charge in [0.15, 0.2) is 0 Å². The largest absolute Gasteiger partial charge is 0.399 e. The molecule has 2 atom stereocenters. The van der Waals surface area contributed by atoms with Crippen molar-refractivity contribution in [3.8, 4) is 0 Å². The van der Waals surface area contributed by atoms with Crippen molar-refractivity contribution < 1.29 is 17.9 Å². The number of hydrogen-bond donors (Lipinski definition) is 3. The standard InChI is InChI=1S/C14H21FN2O3S/c1-10-3-2-6-14(18,8-10)9-17-21(19,20)13-7-11(16)4-5-12(13)15/h4-5,7,10,17-18H,2-3,6,8-9,16H2,1H3. The van der Waals surface area contributed by atoms with Gasteiger partial charge in [0.25, 0.3) is 0 Å². The van der Waals surface area contributed by atoms with E-state index < -0.39 is 26.3 Å². The Morgan fingerprint density at radius 1 is 1.52 bits per heavy atom. The topological polar surface area (TPSA) is 92.4 Å². The SMILES string of the molecule is CC1CCCC(O)(CNS(=O)(=O)c2cc(N)ccc2F)C1. The highest BCUT2D eigenvalue weighted by Crippen LogP contribution is 2.32. The van der Waals surface area contributed by atoms with E-state index in [1.54, 1.807) is 0 Å². The number of nitrogens with one attached hydrogen (secondary N) is 1. The molecule has 1 aliphatic rings. The van der Waals surface area contributed by atoms with Crippen LogP contribution in [-0.2, 0) is 10.0 Å². The quantitative estimate of drug-likeness (QED) is 0.736. The lowest BCUT2D eigenvalue weighted by Gasteiger charge is -2.35. The first-order valence-electron chi connectivity index (χ1n) is 6.99. The molecule has 5 nitrogen and oxygen atoms in total. The van der Waals surface area contributed by atoms with Crippen LogP contribution in [-0.4, -0.2) is 25.7 Å². The third-order valence-corrected chi connectivity index (χ3v) is 5.32. The molecule has 1 aliphatic carbocycles. The lowest BCUT2D eigenvalue weighted by atomic mass is 9.79. The summed E-state index contributed by atoms with van der Waals surface area (Å²) in [5.41, 5.74) is 4.60. The number of halogens is 1. The molecule has 2 unspecified atom stereocenters. The van der Waals surface area contributed by atoms with E-state index in [4.69, 9.17) is 5.73 Å². The second-order valence-electron chi connectivity index (χ2n) is 5.94. The normalized spacial score (nSPS) is 26.7. The Morgan fingerprint density at radius 2 is 2.24 bits per heavy atom. The molecule has 0 aromatic heterocycles. The summed E-state index contributed by atoms with van der Waals surface area (Å²) in [7, 11) is -4.03. The Kier molecular flexibility index (Phi) is 4.55. The van der Waals surface area contributed by atoms with E-state index in [0.29, 0.717) is 18.8 Å². The highest BCUT2D eigenvalue weighted by atomic mass is 32.2. The van der Waals surface area contributed by atoms with Gasteiger partial charge in [-0.05, 0) is 37.0 Å². The fraction of sp³-hybridized carbons (Fsp3) is 0.571. The molecule has 0 saturated heterocycles. The molecule has 1 aromatic rings. The van der Waals surface area contributed by atoms with Crippen LogP contribution in [0.4, 0.5) is 10.1 Å². The number of nitrogens with two attached hydrogens (primary N) is 1. The van der Waals surface area contributed by atoms with Gasteiger partial charge in [0.1, 0.15) is 10.7 Å². The monoisotopic (exact) mass is 316 g/mol. The number of rotatable bonds is 4. The molecule has 1 fully saturated rings. The number of nitrogen functional groups attached to an aromatic ring is 1. The summed E-state index contributed by atoms with van der Waals surface area (Å²) in [6.07, 6.45) is 2.96. The maximum atomic E-state index is 13.7. The molecule has 4 N–H and O–H groups in total. The molecule has 21 heavy (non-hydrogen) atoms. The molecule has 2 rings (SSSR count). The summed E-state index contributed by atoms with van der Waals surface area (Å²) in [6.45, 7) is 1.91. The van der Waals surface area contributed by atoms with Crippen molar-refractivity contribution in [2.75, 3.05) is 12.3 Å². The van der Waals surface area contributed by atoms with Gasteiger partial charge in [-0.25, -0.2) is 17.5 Å². The molecular weight excluding hydrogens is 295 g/mol. The molecule has 0 spiro atoms. The molecule has 118 valence electrons. The van der Waals surface area contributed by atoms with E-state index in [2.05, 4.69) is 4.72 Å². The number of benzene rings is 1. The average Bonchev–Trinajstić information content (AvgIpc) is 2.39. The fourth-order valence-corrected chi connectivity index (χ4v) is 4.06. The second-order valence-corrected chi connectivity index (χ2v) is 7.68. The number of anilines is 1. The van der Waals surface area contributed by atoms with E-state index in [9.17, 15) is 17.9 Å². The minimum Gasteiger partial charge on any atom is -0.399 e. The van der Waals surface area contributed by atoms with Gasteiger partial charge in [-0.1, -0.05) is 19.8 Å². The summed E-state index contributed by atoms with van der Waals surface area (Å²) in [4.78, 5) is -0.491. The highest BCUT2D eigenvalue weighted by molar-refractivity contribution is 7.89. The first kappa shape index (κ1) is 16.2. The van der Waals surface area contributed by atoms with Crippen molar-refractivity contribution in [1.29, 1.82) is 0 Å². The molecular formula is C14H21FN2O3S. The maximum absolute atomic E-state index is 13.7. The van der Waals surface area contributed by atoms with Crippen molar-refractivity contribution in [2.45, 2.75) is 43.1 Å². The van der Waals surface area contributed by atoms with Crippen molar-refractivity contribution in [1.82, 2.24) is 4.72 Å². The van der Waals surface area contributed by atoms with E-state index in [1.807, 2.05) is 6.92 Å². The smallest absolute Gasteiger partial charge is 0.243 e. The second kappa shape index (κ2) is 5.90. The van der Waals surface area contributed by atoms with Crippen LogP contribution >= 0.6 is 0 Å². The zero-order valence-electron chi connectivity index (χ0n) is 12.0. The number of hydrogen-bond acceptors (Lipinski definition) is 4. The molecule has 0 heterocycles. The first-order valence-corrected chi connectivity index (χ1v) is 8.47. The van der Waals surface area contributed by atoms with Gasteiger partial charge in [0, 0.05) is 12.2 Å². The molecule has 1 saturated carbocycles. The van der Waals surface area contributed by atoms with Gasteiger partial charge in [-0.15, -0.1) is 0 Å². The van der Waals surface area contributed by atoms with Gasteiger partial charge >= 0.3 is 0 Å². The predicted octanol–water partition coefficient (Wildman–Crippen LogP) is 1.63.